The molecule has 0 unspecified atom stereocenters. The quantitative estimate of drug-likeness (QED) is 0.639. The fraction of sp³-hybridized carbons (Fsp3) is 0.111. The van der Waals surface area contributed by atoms with Gasteiger partial charge in [0.2, 0.25) is 0 Å². The molecule has 0 aliphatic carbocycles. The first-order chi connectivity index (χ1) is 10.7. The van der Waals surface area contributed by atoms with E-state index in [0.717, 1.165) is 11.1 Å². The topological polar surface area (TPSA) is 47.9 Å². The van der Waals surface area contributed by atoms with Gasteiger partial charge in [0.15, 0.2) is 0 Å². The van der Waals surface area contributed by atoms with Crippen LogP contribution in [0.4, 0.5) is 0 Å². The maximum atomic E-state index is 11.6. The van der Waals surface area contributed by atoms with Crippen LogP contribution in [0.5, 0.6) is 5.75 Å². The molecular formula is C18H15NO3. The van der Waals surface area contributed by atoms with Gasteiger partial charge in [0, 0.05) is 5.56 Å². The van der Waals surface area contributed by atoms with Crippen molar-refractivity contribution < 1.29 is 14.4 Å². The van der Waals surface area contributed by atoms with Crippen LogP contribution in [0.1, 0.15) is 18.1 Å². The van der Waals surface area contributed by atoms with E-state index in [0.29, 0.717) is 23.6 Å². The van der Waals surface area contributed by atoms with Crippen molar-refractivity contribution >= 4 is 17.8 Å². The Bertz CT molecular complexity index is 748. The van der Waals surface area contributed by atoms with Gasteiger partial charge in [-0.2, -0.15) is 0 Å². The van der Waals surface area contributed by atoms with Crippen LogP contribution >= 0.6 is 0 Å². The number of rotatable bonds is 4. The number of carbonyl (C=O) groups excluding carboxylic acids is 1. The number of benzene rings is 2. The Labute approximate surface area is 128 Å². The monoisotopic (exact) mass is 293 g/mol. The zero-order valence-corrected chi connectivity index (χ0v) is 12.2. The molecule has 1 aliphatic heterocycles. The van der Waals surface area contributed by atoms with E-state index in [1.807, 2.05) is 54.6 Å². The van der Waals surface area contributed by atoms with Crippen LogP contribution in [0.3, 0.4) is 0 Å². The predicted molar refractivity (Wildman–Crippen MR) is 84.4 cm³/mol. The fourth-order valence-corrected chi connectivity index (χ4v) is 2.14. The summed E-state index contributed by atoms with van der Waals surface area (Å²) < 4.78 is 5.87. The first-order valence-corrected chi connectivity index (χ1v) is 6.98. The molecule has 1 heterocycles. The summed E-state index contributed by atoms with van der Waals surface area (Å²) in [5.74, 6) is 0.279. The second-order valence-corrected chi connectivity index (χ2v) is 4.93. The lowest BCUT2D eigenvalue weighted by Gasteiger charge is -2.09. The highest BCUT2D eigenvalue weighted by molar-refractivity contribution is 6.24. The van der Waals surface area contributed by atoms with Gasteiger partial charge in [0.05, 0.1) is 11.3 Å². The molecule has 2 aromatic rings. The van der Waals surface area contributed by atoms with Crippen molar-refractivity contribution in [2.75, 3.05) is 0 Å². The van der Waals surface area contributed by atoms with Crippen LogP contribution in [0.15, 0.2) is 65.3 Å². The van der Waals surface area contributed by atoms with Crippen LogP contribution < -0.4 is 4.74 Å². The third kappa shape index (κ3) is 3.06. The molecule has 4 nitrogen and oxygen atoms in total. The van der Waals surface area contributed by atoms with Crippen LogP contribution in [-0.2, 0) is 16.2 Å². The molecule has 2 aromatic carbocycles. The molecule has 0 amide bonds. The van der Waals surface area contributed by atoms with Crippen LogP contribution in [0, 0.1) is 0 Å². The van der Waals surface area contributed by atoms with E-state index in [1.54, 1.807) is 13.0 Å². The van der Waals surface area contributed by atoms with Gasteiger partial charge in [-0.25, -0.2) is 4.79 Å². The highest BCUT2D eigenvalue weighted by Crippen LogP contribution is 2.24. The second-order valence-electron chi connectivity index (χ2n) is 4.93. The van der Waals surface area contributed by atoms with Crippen molar-refractivity contribution in [2.45, 2.75) is 13.5 Å². The Morgan fingerprint density at radius 3 is 2.55 bits per heavy atom. The number of oxime groups is 1. The molecular weight excluding hydrogens is 278 g/mol. The lowest BCUT2D eigenvalue weighted by Crippen LogP contribution is -2.02. The van der Waals surface area contributed by atoms with Crippen molar-refractivity contribution in [3.63, 3.8) is 0 Å². The van der Waals surface area contributed by atoms with Gasteiger partial charge in [0.25, 0.3) is 0 Å². The summed E-state index contributed by atoms with van der Waals surface area (Å²) in [4.78, 5) is 16.3. The SMILES string of the molecule is CC1=NOC(=O)/C1=C/c1ccccc1OCc1ccccc1. The Hall–Kier alpha value is -2.88. The third-order valence-corrected chi connectivity index (χ3v) is 3.33. The van der Waals surface area contributed by atoms with Gasteiger partial charge in [-0.3, -0.25) is 0 Å². The maximum absolute atomic E-state index is 11.6. The summed E-state index contributed by atoms with van der Waals surface area (Å²) in [6.45, 7) is 2.21. The molecule has 0 bridgehead atoms. The normalized spacial score (nSPS) is 15.6. The Kier molecular flexibility index (Phi) is 4.01. The standard InChI is InChI=1S/C18H15NO3/c1-13-16(18(20)22-19-13)11-15-9-5-6-10-17(15)21-12-14-7-3-2-4-8-14/h2-11H,12H2,1H3/b16-11+. The molecule has 0 atom stereocenters. The highest BCUT2D eigenvalue weighted by Gasteiger charge is 2.22. The van der Waals surface area contributed by atoms with Crippen molar-refractivity contribution in [3.8, 4) is 5.75 Å². The number of hydrogen-bond acceptors (Lipinski definition) is 4. The lowest BCUT2D eigenvalue weighted by molar-refractivity contribution is -0.136. The van der Waals surface area contributed by atoms with Crippen molar-refractivity contribution in [2.24, 2.45) is 5.16 Å². The number of nitrogens with zero attached hydrogens (tertiary/aromatic N) is 1. The number of hydrogen-bond donors (Lipinski definition) is 0. The molecule has 3 rings (SSSR count). The van der Waals surface area contributed by atoms with E-state index >= 15 is 0 Å². The van der Waals surface area contributed by atoms with Gasteiger partial charge >= 0.3 is 5.97 Å². The Balaban J connectivity index is 1.83. The molecule has 22 heavy (non-hydrogen) atoms. The van der Waals surface area contributed by atoms with Gasteiger partial charge < -0.3 is 9.57 Å². The summed E-state index contributed by atoms with van der Waals surface area (Å²) >= 11 is 0. The molecule has 0 saturated heterocycles. The molecule has 4 heteroatoms. The summed E-state index contributed by atoms with van der Waals surface area (Å²) in [6.07, 6.45) is 1.74. The Morgan fingerprint density at radius 2 is 1.82 bits per heavy atom. The van der Waals surface area contributed by atoms with Crippen molar-refractivity contribution in [3.05, 3.63) is 71.3 Å². The molecule has 0 saturated carbocycles. The number of para-hydroxylation sites is 1. The summed E-state index contributed by atoms with van der Waals surface area (Å²) in [7, 11) is 0. The summed E-state index contributed by atoms with van der Waals surface area (Å²) in [5.41, 5.74) is 2.93. The van der Waals surface area contributed by atoms with Crippen molar-refractivity contribution in [1.29, 1.82) is 0 Å². The van der Waals surface area contributed by atoms with Gasteiger partial charge in [-0.15, -0.1) is 0 Å². The van der Waals surface area contributed by atoms with E-state index in [-0.39, 0.29) is 0 Å². The molecule has 0 fully saturated rings. The highest BCUT2D eigenvalue weighted by atomic mass is 16.7. The third-order valence-electron chi connectivity index (χ3n) is 3.33. The minimum Gasteiger partial charge on any atom is -0.488 e. The minimum atomic E-state index is -0.435. The lowest BCUT2D eigenvalue weighted by atomic mass is 10.1. The zero-order chi connectivity index (χ0) is 15.4. The average Bonchev–Trinajstić information content (AvgIpc) is 2.87. The largest absolute Gasteiger partial charge is 0.488 e. The number of carbonyl (C=O) groups is 1. The minimum absolute atomic E-state index is 0.435. The first-order valence-electron chi connectivity index (χ1n) is 6.98. The summed E-state index contributed by atoms with van der Waals surface area (Å²) in [5, 5.41) is 3.68. The molecule has 1 aliphatic rings. The van der Waals surface area contributed by atoms with E-state index < -0.39 is 5.97 Å². The molecule has 0 spiro atoms. The van der Waals surface area contributed by atoms with Crippen LogP contribution in [0.25, 0.3) is 6.08 Å². The number of ether oxygens (including phenoxy) is 1. The first kappa shape index (κ1) is 14.1. The fourth-order valence-electron chi connectivity index (χ4n) is 2.14. The van der Waals surface area contributed by atoms with Crippen LogP contribution in [-0.4, -0.2) is 11.7 Å². The predicted octanol–water partition coefficient (Wildman–Crippen LogP) is 3.58. The van der Waals surface area contributed by atoms with E-state index in [4.69, 9.17) is 4.74 Å². The van der Waals surface area contributed by atoms with E-state index in [2.05, 4.69) is 9.99 Å². The Morgan fingerprint density at radius 1 is 1.09 bits per heavy atom. The smallest absolute Gasteiger partial charge is 0.367 e. The van der Waals surface area contributed by atoms with Crippen LogP contribution in [0.2, 0.25) is 0 Å². The molecule has 0 aromatic heterocycles. The maximum Gasteiger partial charge on any atom is 0.367 e. The zero-order valence-electron chi connectivity index (χ0n) is 12.2. The molecule has 0 N–H and O–H groups in total. The van der Waals surface area contributed by atoms with E-state index in [9.17, 15) is 4.79 Å². The van der Waals surface area contributed by atoms with Gasteiger partial charge in [0.1, 0.15) is 12.4 Å². The molecule has 110 valence electrons. The average molecular weight is 293 g/mol. The van der Waals surface area contributed by atoms with Crippen molar-refractivity contribution in [1.82, 2.24) is 0 Å². The second kappa shape index (κ2) is 6.26. The molecule has 0 radical (unpaired) electrons. The van der Waals surface area contributed by atoms with Gasteiger partial charge in [-0.05, 0) is 24.6 Å². The van der Waals surface area contributed by atoms with Gasteiger partial charge in [-0.1, -0.05) is 53.7 Å². The van der Waals surface area contributed by atoms with E-state index in [1.165, 1.54) is 0 Å². The summed E-state index contributed by atoms with van der Waals surface area (Å²) in [6, 6.07) is 17.5.